The molecule has 0 unspecified atom stereocenters. The van der Waals surface area contributed by atoms with E-state index in [1.807, 2.05) is 42.5 Å². The van der Waals surface area contributed by atoms with Crippen LogP contribution in [-0.4, -0.2) is 36.4 Å². The van der Waals surface area contributed by atoms with Crippen LogP contribution >= 0.6 is 0 Å². The van der Waals surface area contributed by atoms with Gasteiger partial charge in [0.1, 0.15) is 18.1 Å². The number of aromatic amines is 1. The van der Waals surface area contributed by atoms with Gasteiger partial charge in [0.05, 0.1) is 19.2 Å². The molecule has 23 heavy (non-hydrogen) atoms. The number of carbonyl (C=O) groups excluding carboxylic acids is 1. The highest BCUT2D eigenvalue weighted by molar-refractivity contribution is 6.04. The van der Waals surface area contributed by atoms with Crippen LogP contribution in [0.1, 0.15) is 10.5 Å². The number of H-pyrrole nitrogens is 1. The average Bonchev–Trinajstić information content (AvgIpc) is 3.03. The van der Waals surface area contributed by atoms with Gasteiger partial charge in [0.15, 0.2) is 5.69 Å². The molecule has 0 atom stereocenters. The van der Waals surface area contributed by atoms with Gasteiger partial charge in [-0.2, -0.15) is 5.10 Å². The molecule has 3 aromatic rings. The lowest BCUT2D eigenvalue weighted by Gasteiger charge is -2.08. The first-order valence-electron chi connectivity index (χ1n) is 7.26. The van der Waals surface area contributed by atoms with Crippen molar-refractivity contribution in [3.05, 3.63) is 54.2 Å². The Bertz CT molecular complexity index is 813. The molecule has 2 N–H and O–H groups in total. The van der Waals surface area contributed by atoms with Crippen LogP contribution in [-0.2, 0) is 0 Å². The predicted octanol–water partition coefficient (Wildman–Crippen LogP) is 2.38. The van der Waals surface area contributed by atoms with E-state index in [0.717, 1.165) is 16.7 Å². The van der Waals surface area contributed by atoms with Crippen molar-refractivity contribution >= 4 is 16.8 Å². The molecule has 6 nitrogen and oxygen atoms in total. The van der Waals surface area contributed by atoms with Crippen molar-refractivity contribution in [1.29, 1.82) is 0 Å². The summed E-state index contributed by atoms with van der Waals surface area (Å²) in [6, 6.07) is 14.8. The highest BCUT2D eigenvalue weighted by Gasteiger charge is 2.12. The topological polar surface area (TPSA) is 76.2 Å². The molecule has 0 saturated carbocycles. The SMILES string of the molecule is COc1cccc(OCCNC(=O)c2n[nH]c3ccccc23)c1. The highest BCUT2D eigenvalue weighted by atomic mass is 16.5. The fourth-order valence-electron chi connectivity index (χ4n) is 2.24. The molecular formula is C17H17N3O3. The van der Waals surface area contributed by atoms with Crippen molar-refractivity contribution in [1.82, 2.24) is 15.5 Å². The molecule has 1 heterocycles. The van der Waals surface area contributed by atoms with Crippen molar-refractivity contribution in [2.45, 2.75) is 0 Å². The number of rotatable bonds is 6. The quantitative estimate of drug-likeness (QED) is 0.685. The van der Waals surface area contributed by atoms with Crippen LogP contribution in [0, 0.1) is 0 Å². The van der Waals surface area contributed by atoms with E-state index < -0.39 is 0 Å². The zero-order valence-corrected chi connectivity index (χ0v) is 12.7. The lowest BCUT2D eigenvalue weighted by Crippen LogP contribution is -2.28. The third kappa shape index (κ3) is 3.42. The summed E-state index contributed by atoms with van der Waals surface area (Å²) >= 11 is 0. The summed E-state index contributed by atoms with van der Waals surface area (Å²) in [4.78, 5) is 12.2. The van der Waals surface area contributed by atoms with Crippen LogP contribution in [0.15, 0.2) is 48.5 Å². The van der Waals surface area contributed by atoms with Crippen molar-refractivity contribution in [3.8, 4) is 11.5 Å². The van der Waals surface area contributed by atoms with Gasteiger partial charge in [-0.05, 0) is 18.2 Å². The number of hydrogen-bond donors (Lipinski definition) is 2. The van der Waals surface area contributed by atoms with E-state index in [1.165, 1.54) is 0 Å². The zero-order chi connectivity index (χ0) is 16.1. The van der Waals surface area contributed by atoms with Gasteiger partial charge in [0.2, 0.25) is 0 Å². The maximum atomic E-state index is 12.2. The Hall–Kier alpha value is -3.02. The largest absolute Gasteiger partial charge is 0.497 e. The monoisotopic (exact) mass is 311 g/mol. The minimum Gasteiger partial charge on any atom is -0.497 e. The molecular weight excluding hydrogens is 294 g/mol. The van der Waals surface area contributed by atoms with Gasteiger partial charge >= 0.3 is 0 Å². The first-order valence-corrected chi connectivity index (χ1v) is 7.26. The van der Waals surface area contributed by atoms with Gasteiger partial charge in [0.25, 0.3) is 5.91 Å². The molecule has 2 aromatic carbocycles. The Labute approximate surface area is 133 Å². The number of carbonyl (C=O) groups is 1. The minimum atomic E-state index is -0.225. The lowest BCUT2D eigenvalue weighted by atomic mass is 10.2. The number of nitrogens with zero attached hydrogens (tertiary/aromatic N) is 1. The Morgan fingerprint density at radius 2 is 2.00 bits per heavy atom. The standard InChI is InChI=1S/C17H17N3O3/c1-22-12-5-4-6-13(11-12)23-10-9-18-17(21)16-14-7-2-3-8-15(14)19-20-16/h2-8,11H,9-10H2,1H3,(H,18,21)(H,19,20). The minimum absolute atomic E-state index is 0.225. The molecule has 0 bridgehead atoms. The number of ether oxygens (including phenoxy) is 2. The summed E-state index contributed by atoms with van der Waals surface area (Å²) in [6.45, 7) is 0.749. The molecule has 0 saturated heterocycles. The molecule has 0 radical (unpaired) electrons. The summed E-state index contributed by atoms with van der Waals surface area (Å²) in [5.41, 5.74) is 1.23. The van der Waals surface area contributed by atoms with Gasteiger partial charge in [-0.3, -0.25) is 9.89 Å². The molecule has 3 rings (SSSR count). The molecule has 118 valence electrons. The summed E-state index contributed by atoms with van der Waals surface area (Å²) in [7, 11) is 1.60. The van der Waals surface area contributed by atoms with E-state index in [4.69, 9.17) is 9.47 Å². The van der Waals surface area contributed by atoms with Crippen molar-refractivity contribution in [3.63, 3.8) is 0 Å². The molecule has 0 aliphatic rings. The maximum Gasteiger partial charge on any atom is 0.272 e. The Morgan fingerprint density at radius 1 is 1.17 bits per heavy atom. The molecule has 0 aliphatic heterocycles. The molecule has 6 heteroatoms. The zero-order valence-electron chi connectivity index (χ0n) is 12.7. The molecule has 0 spiro atoms. The Balaban J connectivity index is 1.53. The second kappa shape index (κ2) is 6.83. The van der Waals surface area contributed by atoms with E-state index in [0.29, 0.717) is 24.6 Å². The van der Waals surface area contributed by atoms with Gasteiger partial charge < -0.3 is 14.8 Å². The van der Waals surface area contributed by atoms with Gasteiger partial charge in [-0.25, -0.2) is 0 Å². The Kier molecular flexibility index (Phi) is 4.42. The normalized spacial score (nSPS) is 10.5. The number of hydrogen-bond acceptors (Lipinski definition) is 4. The van der Waals surface area contributed by atoms with E-state index in [1.54, 1.807) is 13.2 Å². The van der Waals surface area contributed by atoms with E-state index in [-0.39, 0.29) is 5.91 Å². The van der Waals surface area contributed by atoms with Crippen LogP contribution in [0.2, 0.25) is 0 Å². The maximum absolute atomic E-state index is 12.2. The molecule has 1 aromatic heterocycles. The van der Waals surface area contributed by atoms with Crippen LogP contribution in [0.4, 0.5) is 0 Å². The number of aromatic nitrogens is 2. The number of methoxy groups -OCH3 is 1. The van der Waals surface area contributed by atoms with Gasteiger partial charge in [-0.1, -0.05) is 24.3 Å². The lowest BCUT2D eigenvalue weighted by molar-refractivity contribution is 0.0943. The third-order valence-corrected chi connectivity index (χ3v) is 3.38. The van der Waals surface area contributed by atoms with Gasteiger partial charge in [-0.15, -0.1) is 0 Å². The fraction of sp³-hybridized carbons (Fsp3) is 0.176. The summed E-state index contributed by atoms with van der Waals surface area (Å²) in [5, 5.41) is 10.5. The third-order valence-electron chi connectivity index (χ3n) is 3.38. The summed E-state index contributed by atoms with van der Waals surface area (Å²) in [5.74, 6) is 1.20. The number of fused-ring (bicyclic) bond motifs is 1. The van der Waals surface area contributed by atoms with Crippen LogP contribution in [0.25, 0.3) is 10.9 Å². The van der Waals surface area contributed by atoms with E-state index >= 15 is 0 Å². The summed E-state index contributed by atoms with van der Waals surface area (Å²) < 4.78 is 10.7. The van der Waals surface area contributed by atoms with Gasteiger partial charge in [0, 0.05) is 11.5 Å². The number of benzene rings is 2. The second-order valence-corrected chi connectivity index (χ2v) is 4.90. The van der Waals surface area contributed by atoms with E-state index in [9.17, 15) is 4.79 Å². The van der Waals surface area contributed by atoms with Crippen molar-refractivity contribution in [2.75, 3.05) is 20.3 Å². The van der Waals surface area contributed by atoms with Crippen LogP contribution < -0.4 is 14.8 Å². The van der Waals surface area contributed by atoms with Crippen LogP contribution in [0.3, 0.4) is 0 Å². The van der Waals surface area contributed by atoms with Crippen LogP contribution in [0.5, 0.6) is 11.5 Å². The number of nitrogens with one attached hydrogen (secondary N) is 2. The smallest absolute Gasteiger partial charge is 0.272 e. The molecule has 0 fully saturated rings. The van der Waals surface area contributed by atoms with E-state index in [2.05, 4.69) is 15.5 Å². The fourth-order valence-corrected chi connectivity index (χ4v) is 2.24. The van der Waals surface area contributed by atoms with Crippen molar-refractivity contribution < 1.29 is 14.3 Å². The number of para-hydroxylation sites is 1. The van der Waals surface area contributed by atoms with Crippen molar-refractivity contribution in [2.24, 2.45) is 0 Å². The molecule has 1 amide bonds. The molecule has 0 aliphatic carbocycles. The number of amides is 1. The Morgan fingerprint density at radius 3 is 2.87 bits per heavy atom. The highest BCUT2D eigenvalue weighted by Crippen LogP contribution is 2.18. The average molecular weight is 311 g/mol. The first-order chi connectivity index (χ1) is 11.3. The first kappa shape index (κ1) is 14.9. The second-order valence-electron chi connectivity index (χ2n) is 4.90. The summed E-state index contributed by atoms with van der Waals surface area (Å²) in [6.07, 6.45) is 0. The predicted molar refractivity (Wildman–Crippen MR) is 86.9 cm³/mol.